The lowest BCUT2D eigenvalue weighted by molar-refractivity contribution is 0.143. The van der Waals surface area contributed by atoms with E-state index < -0.39 is 0 Å². The zero-order valence-corrected chi connectivity index (χ0v) is 17.0. The van der Waals surface area contributed by atoms with Crippen LogP contribution >= 0.6 is 44.5 Å². The van der Waals surface area contributed by atoms with Crippen molar-refractivity contribution >= 4 is 44.5 Å². The predicted molar refractivity (Wildman–Crippen MR) is 100.0 cm³/mol. The molecule has 21 heavy (non-hydrogen) atoms. The monoisotopic (exact) mass is 438 g/mol. The molecule has 0 fully saturated rings. The minimum absolute atomic E-state index is 0.151. The Kier molecular flexibility index (Phi) is 8.50. The molecule has 1 aromatic carbocycles. The molecule has 2 nitrogen and oxygen atoms in total. The summed E-state index contributed by atoms with van der Waals surface area (Å²) in [4.78, 5) is 0. The van der Waals surface area contributed by atoms with E-state index in [2.05, 4.69) is 58.3 Å². The molecule has 1 aromatic rings. The van der Waals surface area contributed by atoms with E-state index in [1.54, 1.807) is 7.11 Å². The van der Waals surface area contributed by atoms with Crippen LogP contribution in [0.5, 0.6) is 11.5 Å². The van der Waals surface area contributed by atoms with Crippen molar-refractivity contribution in [3.8, 4) is 11.5 Å². The summed E-state index contributed by atoms with van der Waals surface area (Å²) in [5.74, 6) is 2.47. The van der Waals surface area contributed by atoms with E-state index in [9.17, 15) is 0 Å². The quantitative estimate of drug-likeness (QED) is 0.467. The highest BCUT2D eigenvalue weighted by molar-refractivity contribution is 9.11. The number of hydrogen-bond acceptors (Lipinski definition) is 3. The second-order valence-electron chi connectivity index (χ2n) is 5.36. The first kappa shape index (κ1) is 19.2. The molecule has 0 radical (unpaired) electrons. The van der Waals surface area contributed by atoms with Crippen molar-refractivity contribution in [1.29, 1.82) is 0 Å². The van der Waals surface area contributed by atoms with Gasteiger partial charge >= 0.3 is 0 Å². The third kappa shape index (κ3) is 5.36. The van der Waals surface area contributed by atoms with Gasteiger partial charge in [0.1, 0.15) is 11.5 Å². The van der Waals surface area contributed by atoms with Gasteiger partial charge in [-0.05, 0) is 62.6 Å². The molecule has 0 heterocycles. The summed E-state index contributed by atoms with van der Waals surface area (Å²) in [7, 11) is 1.65. The molecule has 0 aromatic heterocycles. The molecule has 5 heteroatoms. The molecule has 0 N–H and O–H groups in total. The van der Waals surface area contributed by atoms with Gasteiger partial charge in [0.2, 0.25) is 0 Å². The van der Waals surface area contributed by atoms with Crippen LogP contribution in [0.2, 0.25) is 0 Å². The van der Waals surface area contributed by atoms with Crippen LogP contribution in [0, 0.1) is 5.41 Å². The van der Waals surface area contributed by atoms with Crippen molar-refractivity contribution in [1.82, 2.24) is 0 Å². The molecule has 0 aliphatic carbocycles. The Bertz CT molecular complexity index is 446. The van der Waals surface area contributed by atoms with Gasteiger partial charge in [-0.15, -0.1) is 0 Å². The van der Waals surface area contributed by atoms with E-state index in [0.717, 1.165) is 51.9 Å². The van der Waals surface area contributed by atoms with E-state index in [0.29, 0.717) is 6.61 Å². The summed E-state index contributed by atoms with van der Waals surface area (Å²) in [6, 6.07) is 3.87. The molecule has 0 bridgehead atoms. The number of hydrogen-bond donors (Lipinski definition) is 1. The maximum absolute atomic E-state index is 6.10. The average Bonchev–Trinajstić information content (AvgIpc) is 2.47. The van der Waals surface area contributed by atoms with Crippen molar-refractivity contribution in [3.05, 3.63) is 21.1 Å². The zero-order valence-electron chi connectivity index (χ0n) is 12.9. The van der Waals surface area contributed by atoms with Gasteiger partial charge in [0.05, 0.1) is 22.7 Å². The lowest BCUT2D eigenvalue weighted by Gasteiger charge is -2.32. The molecule has 0 unspecified atom stereocenters. The van der Waals surface area contributed by atoms with Crippen molar-refractivity contribution in [3.63, 3.8) is 0 Å². The standard InChI is InChI=1S/C16H24Br2O2S/c1-4-6-16(11-21,7-5-2)10-20-15-9-12(17)14(19-3)8-13(15)18/h8-9,21H,4-7,10-11H2,1-3H3. The van der Waals surface area contributed by atoms with Crippen molar-refractivity contribution in [2.45, 2.75) is 39.5 Å². The fourth-order valence-corrected chi connectivity index (χ4v) is 3.87. The Morgan fingerprint density at radius 3 is 2.05 bits per heavy atom. The van der Waals surface area contributed by atoms with Crippen LogP contribution in [0.25, 0.3) is 0 Å². The molecule has 1 rings (SSSR count). The summed E-state index contributed by atoms with van der Waals surface area (Å²) in [6.07, 6.45) is 4.58. The molecule has 0 aliphatic rings. The average molecular weight is 440 g/mol. The Morgan fingerprint density at radius 1 is 1.05 bits per heavy atom. The van der Waals surface area contributed by atoms with Gasteiger partial charge in [-0.2, -0.15) is 12.6 Å². The normalized spacial score (nSPS) is 11.5. The summed E-state index contributed by atoms with van der Waals surface area (Å²) < 4.78 is 13.2. The summed E-state index contributed by atoms with van der Waals surface area (Å²) in [6.45, 7) is 5.12. The van der Waals surface area contributed by atoms with Crippen LogP contribution in [0.15, 0.2) is 21.1 Å². The lowest BCUT2D eigenvalue weighted by atomic mass is 9.82. The molecule has 120 valence electrons. The minimum Gasteiger partial charge on any atom is -0.496 e. The Balaban J connectivity index is 2.87. The van der Waals surface area contributed by atoms with Gasteiger partial charge in [-0.3, -0.25) is 0 Å². The molecule has 0 saturated heterocycles. The van der Waals surface area contributed by atoms with Crippen LogP contribution < -0.4 is 9.47 Å². The third-order valence-electron chi connectivity index (χ3n) is 3.64. The van der Waals surface area contributed by atoms with Gasteiger partial charge in [0, 0.05) is 5.41 Å². The van der Waals surface area contributed by atoms with Gasteiger partial charge < -0.3 is 9.47 Å². The predicted octanol–water partition coefficient (Wildman–Crippen LogP) is 6.12. The van der Waals surface area contributed by atoms with E-state index in [1.807, 2.05) is 12.1 Å². The first-order chi connectivity index (χ1) is 10.0. The van der Waals surface area contributed by atoms with Crippen molar-refractivity contribution in [2.24, 2.45) is 5.41 Å². The highest BCUT2D eigenvalue weighted by Crippen LogP contribution is 2.38. The molecule has 0 aliphatic heterocycles. The summed E-state index contributed by atoms with van der Waals surface area (Å²) in [5, 5.41) is 0. The van der Waals surface area contributed by atoms with Crippen LogP contribution in [-0.4, -0.2) is 19.5 Å². The number of thiol groups is 1. The van der Waals surface area contributed by atoms with E-state index in [1.165, 1.54) is 0 Å². The van der Waals surface area contributed by atoms with Gasteiger partial charge in [0.15, 0.2) is 0 Å². The molecule has 0 amide bonds. The van der Waals surface area contributed by atoms with Crippen molar-refractivity contribution in [2.75, 3.05) is 19.5 Å². The summed E-state index contributed by atoms with van der Waals surface area (Å²) in [5.41, 5.74) is 0.151. The number of benzene rings is 1. The lowest BCUT2D eigenvalue weighted by Crippen LogP contribution is -2.30. The molecule has 0 spiro atoms. The maximum Gasteiger partial charge on any atom is 0.134 e. The second-order valence-corrected chi connectivity index (χ2v) is 7.39. The van der Waals surface area contributed by atoms with Crippen molar-refractivity contribution < 1.29 is 9.47 Å². The largest absolute Gasteiger partial charge is 0.496 e. The minimum atomic E-state index is 0.151. The molecular weight excluding hydrogens is 416 g/mol. The van der Waals surface area contributed by atoms with Gasteiger partial charge in [-0.25, -0.2) is 0 Å². The van der Waals surface area contributed by atoms with E-state index in [-0.39, 0.29) is 5.41 Å². The van der Waals surface area contributed by atoms with Crippen LogP contribution in [0.1, 0.15) is 39.5 Å². The van der Waals surface area contributed by atoms with Crippen LogP contribution in [0.4, 0.5) is 0 Å². The number of methoxy groups -OCH3 is 1. The highest BCUT2D eigenvalue weighted by Gasteiger charge is 2.28. The maximum atomic E-state index is 6.10. The van der Waals surface area contributed by atoms with Gasteiger partial charge in [-0.1, -0.05) is 26.7 Å². The topological polar surface area (TPSA) is 18.5 Å². The fourth-order valence-electron chi connectivity index (χ4n) is 2.54. The van der Waals surface area contributed by atoms with Gasteiger partial charge in [0.25, 0.3) is 0 Å². The zero-order chi connectivity index (χ0) is 15.9. The first-order valence-corrected chi connectivity index (χ1v) is 9.50. The Hall–Kier alpha value is 0.130. The smallest absolute Gasteiger partial charge is 0.134 e. The molecule has 0 atom stereocenters. The number of halogens is 2. The molecular formula is C16H24Br2O2S. The fraction of sp³-hybridized carbons (Fsp3) is 0.625. The van der Waals surface area contributed by atoms with Crippen LogP contribution in [-0.2, 0) is 0 Å². The van der Waals surface area contributed by atoms with E-state index in [4.69, 9.17) is 9.47 Å². The summed E-state index contributed by atoms with van der Waals surface area (Å²) >= 11 is 11.6. The Morgan fingerprint density at radius 2 is 1.57 bits per heavy atom. The second kappa shape index (κ2) is 9.31. The molecule has 0 saturated carbocycles. The third-order valence-corrected chi connectivity index (χ3v) is 5.55. The van der Waals surface area contributed by atoms with Crippen LogP contribution in [0.3, 0.4) is 0 Å². The van der Waals surface area contributed by atoms with E-state index >= 15 is 0 Å². The number of rotatable bonds is 9. The Labute approximate surface area is 150 Å². The number of ether oxygens (including phenoxy) is 2. The first-order valence-electron chi connectivity index (χ1n) is 7.28. The highest BCUT2D eigenvalue weighted by atomic mass is 79.9. The SMILES string of the molecule is CCCC(CS)(CCC)COc1cc(Br)c(OC)cc1Br.